The SMILES string of the molecule is CC(O)c1ccccc1-c1ccc2nc(C3CC3c3ccc(OC(C)C(F)(F)F)cc3)[nH]c2c1.CC(Oc1ccc(C2CC2c2nc3ccc(-c4ccccc4NS(C)(=O)=O)cc3[nH]2)cc1)C(F)(F)F. The molecule has 0 saturated heterocycles. The number of anilines is 1. The maximum atomic E-state index is 12.7. The van der Waals surface area contributed by atoms with Gasteiger partial charge in [-0.15, -0.1) is 0 Å². The smallest absolute Gasteiger partial charge is 0.425 e. The van der Waals surface area contributed by atoms with Crippen LogP contribution in [0.2, 0.25) is 0 Å². The number of benzene rings is 6. The number of H-pyrrole nitrogens is 2. The maximum absolute atomic E-state index is 12.7. The minimum atomic E-state index is -4.41. The maximum Gasteiger partial charge on any atom is 0.425 e. The number of aromatic nitrogens is 4. The Balaban J connectivity index is 0.000000174. The van der Waals surface area contributed by atoms with Gasteiger partial charge < -0.3 is 24.5 Å². The first-order valence-corrected chi connectivity index (χ1v) is 24.6. The van der Waals surface area contributed by atoms with Gasteiger partial charge in [-0.2, -0.15) is 26.3 Å². The molecule has 10 nitrogen and oxygen atoms in total. The first-order valence-electron chi connectivity index (χ1n) is 22.7. The molecule has 7 unspecified atom stereocenters. The number of aliphatic hydroxyl groups excluding tert-OH is 1. The highest BCUT2D eigenvalue weighted by atomic mass is 32.2. The van der Waals surface area contributed by atoms with Crippen LogP contribution in [-0.4, -0.2) is 64.3 Å². The molecule has 0 amide bonds. The minimum absolute atomic E-state index is 0.181. The van der Waals surface area contributed by atoms with E-state index in [-0.39, 0.29) is 35.2 Å². The van der Waals surface area contributed by atoms with Gasteiger partial charge in [0.1, 0.15) is 23.1 Å². The molecule has 2 aliphatic rings. The molecule has 4 N–H and O–H groups in total. The van der Waals surface area contributed by atoms with Crippen LogP contribution in [0, 0.1) is 0 Å². The van der Waals surface area contributed by atoms with E-state index in [1.807, 2.05) is 78.9 Å². The van der Waals surface area contributed by atoms with Crippen LogP contribution in [0.5, 0.6) is 11.5 Å². The third-order valence-electron chi connectivity index (χ3n) is 12.7. The number of fused-ring (bicyclic) bond motifs is 2. The van der Waals surface area contributed by atoms with Crippen LogP contribution in [-0.2, 0) is 10.0 Å². The number of ether oxygens (including phenoxy) is 2. The van der Waals surface area contributed by atoms with Crippen LogP contribution >= 0.6 is 0 Å². The number of imidazole rings is 2. The van der Waals surface area contributed by atoms with Crippen LogP contribution in [0.15, 0.2) is 133 Å². The number of nitrogens with zero attached hydrogens (tertiary/aromatic N) is 2. The standard InChI is InChI=1S/C27H25F3N2O2.C26H24F3N3O3S/c1-15(33)20-5-3-4-6-21(20)18-9-12-24-25(13-18)32-26(31-24)23-14-22(23)17-7-10-19(11-8-17)34-16(2)27(28,29)30;1-15(26(27,28)29)35-18-10-7-16(8-11-18)20-14-21(20)25-30-23-12-9-17(13-24(23)31-25)19-5-3-4-6-22(19)32-36(2,33)34/h3-13,15-16,22-23,33H,14H2,1-2H3,(H,31,32);3-13,15,20-21,32H,14H2,1-2H3,(H,30,31). The zero-order valence-corrected chi connectivity index (χ0v) is 39.1. The van der Waals surface area contributed by atoms with Crippen molar-refractivity contribution in [3.05, 3.63) is 162 Å². The topological polar surface area (TPSA) is 142 Å². The largest absolute Gasteiger partial charge is 0.481 e. The zero-order valence-electron chi connectivity index (χ0n) is 38.3. The van der Waals surface area contributed by atoms with Crippen molar-refractivity contribution in [1.82, 2.24) is 19.9 Å². The average Bonchev–Trinajstić information content (AvgIpc) is 4.21. The molecule has 70 heavy (non-hydrogen) atoms. The lowest BCUT2D eigenvalue weighted by atomic mass is 9.96. The van der Waals surface area contributed by atoms with Crippen molar-refractivity contribution in [3.8, 4) is 33.8 Å². The van der Waals surface area contributed by atoms with Crippen molar-refractivity contribution < 1.29 is 49.3 Å². The Labute approximate surface area is 400 Å². The molecule has 0 aliphatic heterocycles. The third-order valence-corrected chi connectivity index (χ3v) is 13.3. The fourth-order valence-electron chi connectivity index (χ4n) is 8.75. The Hall–Kier alpha value is -6.85. The lowest BCUT2D eigenvalue weighted by molar-refractivity contribution is -0.189. The number of halogens is 6. The summed E-state index contributed by atoms with van der Waals surface area (Å²) in [6.45, 7) is 3.74. The summed E-state index contributed by atoms with van der Waals surface area (Å²) < 4.78 is 112. The highest BCUT2D eigenvalue weighted by molar-refractivity contribution is 7.92. The van der Waals surface area contributed by atoms with Gasteiger partial charge in [-0.1, -0.05) is 78.9 Å². The van der Waals surface area contributed by atoms with E-state index in [4.69, 9.17) is 19.4 Å². The van der Waals surface area contributed by atoms with Gasteiger partial charge in [0.2, 0.25) is 10.0 Å². The van der Waals surface area contributed by atoms with Crippen molar-refractivity contribution in [3.63, 3.8) is 0 Å². The van der Waals surface area contributed by atoms with E-state index in [0.717, 1.165) is 106 Å². The Bertz CT molecular complexity index is 3260. The zero-order chi connectivity index (χ0) is 49.7. The molecule has 6 aromatic carbocycles. The first-order chi connectivity index (χ1) is 33.2. The summed E-state index contributed by atoms with van der Waals surface area (Å²) in [5.74, 6) is 3.06. The van der Waals surface area contributed by atoms with Gasteiger partial charge in [0, 0.05) is 17.4 Å². The number of alkyl halides is 6. The van der Waals surface area contributed by atoms with Crippen molar-refractivity contribution in [2.75, 3.05) is 11.0 Å². The van der Waals surface area contributed by atoms with Crippen LogP contribution < -0.4 is 14.2 Å². The van der Waals surface area contributed by atoms with E-state index >= 15 is 0 Å². The molecule has 0 spiro atoms. The lowest BCUT2D eigenvalue weighted by Crippen LogP contribution is -2.31. The fraction of sp³-hybridized carbons (Fsp3) is 0.283. The summed E-state index contributed by atoms with van der Waals surface area (Å²) in [6, 6.07) is 40.4. The number of hydrogen-bond donors (Lipinski definition) is 4. The average molecular weight is 982 g/mol. The molecule has 364 valence electrons. The quantitative estimate of drug-likeness (QED) is 0.0843. The van der Waals surface area contributed by atoms with Gasteiger partial charge >= 0.3 is 12.4 Å². The molecule has 0 bridgehead atoms. The normalized spacial score (nSPS) is 19.2. The molecule has 7 atom stereocenters. The molecule has 17 heteroatoms. The molecule has 2 fully saturated rings. The second-order valence-electron chi connectivity index (χ2n) is 18.0. The molecule has 2 saturated carbocycles. The fourth-order valence-corrected chi connectivity index (χ4v) is 9.33. The van der Waals surface area contributed by atoms with E-state index in [0.29, 0.717) is 5.69 Å². The number of para-hydroxylation sites is 1. The van der Waals surface area contributed by atoms with E-state index in [2.05, 4.69) is 20.8 Å². The van der Waals surface area contributed by atoms with Gasteiger partial charge in [-0.3, -0.25) is 4.72 Å². The second kappa shape index (κ2) is 18.8. The molecular formula is C53H49F6N5O5S. The third kappa shape index (κ3) is 10.9. The van der Waals surface area contributed by atoms with Crippen LogP contribution in [0.25, 0.3) is 44.3 Å². The first kappa shape index (κ1) is 48.2. The van der Waals surface area contributed by atoms with Gasteiger partial charge in [-0.05, 0) is 133 Å². The summed E-state index contributed by atoms with van der Waals surface area (Å²) in [4.78, 5) is 16.3. The Morgan fingerprint density at radius 3 is 1.47 bits per heavy atom. The Morgan fingerprint density at radius 2 is 1.03 bits per heavy atom. The van der Waals surface area contributed by atoms with Crippen molar-refractivity contribution in [2.24, 2.45) is 0 Å². The molecule has 8 aromatic rings. The monoisotopic (exact) mass is 981 g/mol. The van der Waals surface area contributed by atoms with Gasteiger partial charge in [-0.25, -0.2) is 18.4 Å². The minimum Gasteiger partial charge on any atom is -0.481 e. The highest BCUT2D eigenvalue weighted by Gasteiger charge is 2.43. The number of rotatable bonds is 13. The van der Waals surface area contributed by atoms with Crippen molar-refractivity contribution >= 4 is 37.8 Å². The second-order valence-corrected chi connectivity index (χ2v) is 19.8. The van der Waals surface area contributed by atoms with Gasteiger partial charge in [0.15, 0.2) is 12.2 Å². The Morgan fingerprint density at radius 1 is 0.600 bits per heavy atom. The van der Waals surface area contributed by atoms with E-state index in [1.165, 1.54) is 0 Å². The molecule has 2 heterocycles. The number of aromatic amines is 2. The van der Waals surface area contributed by atoms with Gasteiger partial charge in [0.25, 0.3) is 0 Å². The Kier molecular flexibility index (Phi) is 12.9. The number of aliphatic hydroxyl groups is 1. The molecule has 2 aliphatic carbocycles. The highest BCUT2D eigenvalue weighted by Crippen LogP contribution is 2.55. The summed E-state index contributed by atoms with van der Waals surface area (Å²) in [5, 5.41) is 10.1. The van der Waals surface area contributed by atoms with Crippen molar-refractivity contribution in [2.45, 2.75) is 87.9 Å². The molecular weight excluding hydrogens is 933 g/mol. The lowest BCUT2D eigenvalue weighted by Gasteiger charge is -2.17. The van der Waals surface area contributed by atoms with E-state index in [9.17, 15) is 39.9 Å². The van der Waals surface area contributed by atoms with Crippen LogP contribution in [0.1, 0.15) is 91.7 Å². The van der Waals surface area contributed by atoms with Crippen LogP contribution in [0.4, 0.5) is 32.0 Å². The van der Waals surface area contributed by atoms with E-state index in [1.54, 1.807) is 55.5 Å². The van der Waals surface area contributed by atoms with E-state index < -0.39 is 40.7 Å². The predicted octanol–water partition coefficient (Wildman–Crippen LogP) is 13.1. The molecule has 2 aromatic heterocycles. The predicted molar refractivity (Wildman–Crippen MR) is 258 cm³/mol. The molecule has 10 rings (SSSR count). The number of nitrogens with one attached hydrogen (secondary N) is 3. The summed E-state index contributed by atoms with van der Waals surface area (Å²) in [5.41, 5.74) is 10.5. The van der Waals surface area contributed by atoms with Crippen molar-refractivity contribution in [1.29, 1.82) is 0 Å². The summed E-state index contributed by atoms with van der Waals surface area (Å²) in [6.07, 6.45) is -10.2. The number of sulfonamides is 1. The van der Waals surface area contributed by atoms with Crippen LogP contribution in [0.3, 0.4) is 0 Å². The summed E-state index contributed by atoms with van der Waals surface area (Å²) in [7, 11) is -3.42. The summed E-state index contributed by atoms with van der Waals surface area (Å²) >= 11 is 0. The molecule has 0 radical (unpaired) electrons. The van der Waals surface area contributed by atoms with Gasteiger partial charge in [0.05, 0.1) is 40.1 Å². The number of hydrogen-bond acceptors (Lipinski definition) is 7.